The summed E-state index contributed by atoms with van der Waals surface area (Å²) in [5.41, 5.74) is 3.28. The summed E-state index contributed by atoms with van der Waals surface area (Å²) in [6.45, 7) is 2.11. The van der Waals surface area contributed by atoms with E-state index in [1.165, 1.54) is 18.1 Å². The number of ketones is 1. The molecule has 0 radical (unpaired) electrons. The van der Waals surface area contributed by atoms with E-state index in [4.69, 9.17) is 14.3 Å². The molecule has 3 aromatic rings. The van der Waals surface area contributed by atoms with Gasteiger partial charge in [-0.1, -0.05) is 48.5 Å². The fourth-order valence-electron chi connectivity index (χ4n) is 3.19. The first kappa shape index (κ1) is 23.8. The fourth-order valence-corrected chi connectivity index (χ4v) is 3.19. The second kappa shape index (κ2) is 11.6. The van der Waals surface area contributed by atoms with Crippen LogP contribution in [0.4, 0.5) is 0 Å². The Morgan fingerprint density at radius 1 is 0.970 bits per heavy atom. The number of hydrogen-bond donors (Lipinski definition) is 0. The molecular weight excluding hydrogens is 418 g/mol. The van der Waals surface area contributed by atoms with Gasteiger partial charge < -0.3 is 14.3 Å². The molecule has 0 aliphatic heterocycles. The van der Waals surface area contributed by atoms with Crippen molar-refractivity contribution in [2.75, 3.05) is 14.2 Å². The number of carbonyl (C=O) groups is 2. The molecule has 0 spiro atoms. The molecule has 3 aromatic carbocycles. The van der Waals surface area contributed by atoms with Crippen LogP contribution in [0.1, 0.15) is 34.0 Å². The molecule has 0 saturated carbocycles. The number of ether oxygens (including phenoxy) is 2. The number of carbonyl (C=O) groups excluding carboxylic acids is 2. The minimum atomic E-state index is -0.388. The van der Waals surface area contributed by atoms with E-state index in [1.54, 1.807) is 44.5 Å². The third kappa shape index (κ3) is 7.33. The molecule has 6 nitrogen and oxygen atoms in total. The van der Waals surface area contributed by atoms with E-state index < -0.39 is 0 Å². The lowest BCUT2D eigenvalue weighted by Crippen LogP contribution is -2.21. The van der Waals surface area contributed by atoms with Crippen LogP contribution < -0.4 is 9.47 Å². The van der Waals surface area contributed by atoms with Crippen LogP contribution in [-0.2, 0) is 22.8 Å². The van der Waals surface area contributed by atoms with Gasteiger partial charge in [-0.05, 0) is 47.5 Å². The fraction of sp³-hybridized carbons (Fsp3) is 0.185. The van der Waals surface area contributed by atoms with Gasteiger partial charge in [0.15, 0.2) is 5.78 Å². The minimum absolute atomic E-state index is 0.108. The number of methoxy groups -OCH3 is 1. The van der Waals surface area contributed by atoms with Crippen LogP contribution in [0.2, 0.25) is 0 Å². The molecule has 0 amide bonds. The maximum Gasteiger partial charge on any atom is 0.322 e. The van der Waals surface area contributed by atoms with Crippen molar-refractivity contribution >= 4 is 17.8 Å². The Balaban J connectivity index is 1.78. The average Bonchev–Trinajstić information content (AvgIpc) is 2.82. The summed E-state index contributed by atoms with van der Waals surface area (Å²) < 4.78 is 11.2. The molecule has 33 heavy (non-hydrogen) atoms. The van der Waals surface area contributed by atoms with E-state index in [0.717, 1.165) is 16.7 Å². The van der Waals surface area contributed by atoms with Crippen molar-refractivity contribution in [1.29, 1.82) is 0 Å². The maximum absolute atomic E-state index is 12.5. The largest absolute Gasteiger partial charge is 0.497 e. The van der Waals surface area contributed by atoms with Crippen molar-refractivity contribution in [3.63, 3.8) is 0 Å². The Labute approximate surface area is 194 Å². The van der Waals surface area contributed by atoms with E-state index in [1.807, 2.05) is 48.5 Å². The molecule has 0 heterocycles. The highest BCUT2D eigenvalue weighted by atomic mass is 16.7. The first-order valence-corrected chi connectivity index (χ1v) is 10.5. The quantitative estimate of drug-likeness (QED) is 0.246. The average molecular weight is 446 g/mol. The summed E-state index contributed by atoms with van der Waals surface area (Å²) in [6, 6.07) is 22.5. The van der Waals surface area contributed by atoms with Crippen LogP contribution in [0.15, 0.2) is 78.9 Å². The molecule has 0 atom stereocenters. The van der Waals surface area contributed by atoms with Crippen molar-refractivity contribution in [1.82, 2.24) is 5.06 Å². The normalized spacial score (nSPS) is 10.9. The number of nitrogens with zero attached hydrogens (tertiary/aromatic N) is 1. The van der Waals surface area contributed by atoms with Crippen LogP contribution in [0.25, 0.3) is 6.08 Å². The molecule has 3 rings (SSSR count). The highest BCUT2D eigenvalue weighted by Crippen LogP contribution is 2.24. The minimum Gasteiger partial charge on any atom is -0.497 e. The Bertz CT molecular complexity index is 1110. The van der Waals surface area contributed by atoms with E-state index in [9.17, 15) is 9.59 Å². The summed E-state index contributed by atoms with van der Waals surface area (Å²) in [4.78, 5) is 28.9. The number of benzene rings is 3. The van der Waals surface area contributed by atoms with Gasteiger partial charge in [-0.15, -0.1) is 5.06 Å². The summed E-state index contributed by atoms with van der Waals surface area (Å²) in [5.74, 6) is 0.853. The summed E-state index contributed by atoms with van der Waals surface area (Å²) in [7, 11) is 3.27. The van der Waals surface area contributed by atoms with Gasteiger partial charge in [-0.25, -0.2) is 0 Å². The van der Waals surface area contributed by atoms with E-state index >= 15 is 0 Å². The van der Waals surface area contributed by atoms with Gasteiger partial charge in [-0.3, -0.25) is 9.59 Å². The zero-order chi connectivity index (χ0) is 23.6. The van der Waals surface area contributed by atoms with E-state index in [0.29, 0.717) is 30.2 Å². The topological polar surface area (TPSA) is 65.1 Å². The third-order valence-electron chi connectivity index (χ3n) is 4.81. The van der Waals surface area contributed by atoms with Gasteiger partial charge in [0.1, 0.15) is 18.1 Å². The molecule has 0 aliphatic rings. The lowest BCUT2D eigenvalue weighted by Gasteiger charge is -2.18. The van der Waals surface area contributed by atoms with Crippen LogP contribution >= 0.6 is 0 Å². The van der Waals surface area contributed by atoms with Crippen LogP contribution in [0, 0.1) is 0 Å². The smallest absolute Gasteiger partial charge is 0.322 e. The number of hydroxylamine groups is 2. The molecule has 170 valence electrons. The van der Waals surface area contributed by atoms with Crippen LogP contribution in [-0.4, -0.2) is 31.0 Å². The highest BCUT2D eigenvalue weighted by molar-refractivity contribution is 6.06. The van der Waals surface area contributed by atoms with Crippen LogP contribution in [0.3, 0.4) is 0 Å². The number of hydrogen-bond acceptors (Lipinski definition) is 6. The second-order valence-corrected chi connectivity index (χ2v) is 7.44. The molecule has 0 N–H and O–H groups in total. The summed E-state index contributed by atoms with van der Waals surface area (Å²) in [6.07, 6.45) is 3.28. The van der Waals surface area contributed by atoms with Crippen molar-refractivity contribution in [2.45, 2.75) is 20.1 Å². The lowest BCUT2D eigenvalue weighted by atomic mass is 10.1. The van der Waals surface area contributed by atoms with Gasteiger partial charge in [0.2, 0.25) is 0 Å². The first-order valence-electron chi connectivity index (χ1n) is 10.5. The second-order valence-electron chi connectivity index (χ2n) is 7.44. The predicted molar refractivity (Wildman–Crippen MR) is 127 cm³/mol. The molecular formula is C27H27NO5. The van der Waals surface area contributed by atoms with Gasteiger partial charge in [0.25, 0.3) is 0 Å². The van der Waals surface area contributed by atoms with Crippen molar-refractivity contribution in [3.05, 3.63) is 101 Å². The van der Waals surface area contributed by atoms with Gasteiger partial charge in [0.05, 0.1) is 13.7 Å². The van der Waals surface area contributed by atoms with Gasteiger partial charge in [0, 0.05) is 25.1 Å². The summed E-state index contributed by atoms with van der Waals surface area (Å²) in [5, 5.41) is 1.45. The van der Waals surface area contributed by atoms with Crippen molar-refractivity contribution < 1.29 is 23.9 Å². The van der Waals surface area contributed by atoms with Gasteiger partial charge >= 0.3 is 5.97 Å². The zero-order valence-corrected chi connectivity index (χ0v) is 19.0. The number of allylic oxidation sites excluding steroid dienone is 1. The molecule has 0 fully saturated rings. The van der Waals surface area contributed by atoms with E-state index in [2.05, 4.69) is 0 Å². The molecule has 0 bridgehead atoms. The highest BCUT2D eigenvalue weighted by Gasteiger charge is 2.11. The molecule has 0 aliphatic carbocycles. The standard InChI is InChI=1S/C27H27NO5/c1-20(29)33-28(2)18-24-11-9-21(17-27(24)32-19-22-7-5-4-6-8-22)10-16-26(30)23-12-14-25(31-3)15-13-23/h4-17H,18-19H2,1-3H3. The predicted octanol–water partition coefficient (Wildman–Crippen LogP) is 5.08. The Morgan fingerprint density at radius 3 is 2.36 bits per heavy atom. The molecule has 0 saturated heterocycles. The van der Waals surface area contributed by atoms with Crippen LogP contribution in [0.5, 0.6) is 11.5 Å². The Morgan fingerprint density at radius 2 is 1.70 bits per heavy atom. The Hall–Kier alpha value is -3.90. The Kier molecular flexibility index (Phi) is 8.38. The molecule has 0 unspecified atom stereocenters. The zero-order valence-electron chi connectivity index (χ0n) is 19.0. The number of rotatable bonds is 10. The van der Waals surface area contributed by atoms with Gasteiger partial charge in [-0.2, -0.15) is 0 Å². The van der Waals surface area contributed by atoms with Crippen molar-refractivity contribution in [3.8, 4) is 11.5 Å². The summed E-state index contributed by atoms with van der Waals surface area (Å²) >= 11 is 0. The first-order chi connectivity index (χ1) is 15.9. The van der Waals surface area contributed by atoms with Crippen molar-refractivity contribution in [2.24, 2.45) is 0 Å². The lowest BCUT2D eigenvalue weighted by molar-refractivity contribution is -0.183. The SMILES string of the molecule is COc1ccc(C(=O)C=Cc2ccc(CN(C)OC(C)=O)c(OCc3ccccc3)c2)cc1. The molecule has 6 heteroatoms. The molecule has 0 aromatic heterocycles. The van der Waals surface area contributed by atoms with E-state index in [-0.39, 0.29) is 11.8 Å². The third-order valence-corrected chi connectivity index (χ3v) is 4.81. The monoisotopic (exact) mass is 445 g/mol. The maximum atomic E-state index is 12.5.